The van der Waals surface area contributed by atoms with Crippen molar-refractivity contribution in [3.63, 3.8) is 0 Å². The lowest BCUT2D eigenvalue weighted by molar-refractivity contribution is 0.349. The van der Waals surface area contributed by atoms with Gasteiger partial charge in [-0.05, 0) is 55.5 Å². The number of nitrogens with one attached hydrogen (secondary N) is 3. The van der Waals surface area contributed by atoms with Gasteiger partial charge in [0.25, 0.3) is 5.56 Å². The van der Waals surface area contributed by atoms with E-state index in [1.165, 1.54) is 4.57 Å². The number of aryl methyl sites for hydroxylation is 1. The van der Waals surface area contributed by atoms with Crippen molar-refractivity contribution in [2.45, 2.75) is 38.3 Å². The Bertz CT molecular complexity index is 1450. The van der Waals surface area contributed by atoms with Crippen molar-refractivity contribution >= 4 is 10.9 Å². The highest BCUT2D eigenvalue weighted by molar-refractivity contribution is 5.86. The van der Waals surface area contributed by atoms with Crippen LogP contribution in [0.4, 0.5) is 0 Å². The van der Waals surface area contributed by atoms with Gasteiger partial charge >= 0.3 is 5.69 Å². The molecule has 8 nitrogen and oxygen atoms in total. The molecule has 34 heavy (non-hydrogen) atoms. The quantitative estimate of drug-likeness (QED) is 0.353. The number of hydrogen-bond acceptors (Lipinski definition) is 5. The number of fused-ring (bicyclic) bond motifs is 3. The third kappa shape index (κ3) is 3.80. The standard InChI is InChI=1S/C26H28N4O4/c1-15(8-9-16-6-4-3-5-7-16)30-25(32)21(24(31)29-26(30)33)23-22-18(12-13-27-23)19-14-17(34-2)10-11-20(19)28-22/h3-7,10-11,14-15,23,27-28,32H,8-9,12-13H2,1-2H3,(H,29,31,33)/t15-,23-/m0/s1. The first-order valence-electron chi connectivity index (χ1n) is 11.5. The lowest BCUT2D eigenvalue weighted by atomic mass is 9.95. The molecule has 0 amide bonds. The fourth-order valence-corrected chi connectivity index (χ4v) is 4.95. The van der Waals surface area contributed by atoms with Crippen LogP contribution in [0.25, 0.3) is 10.9 Å². The molecule has 0 saturated carbocycles. The topological polar surface area (TPSA) is 112 Å². The number of aromatic amines is 2. The molecule has 2 aromatic carbocycles. The molecule has 0 aliphatic carbocycles. The van der Waals surface area contributed by atoms with E-state index in [2.05, 4.69) is 15.3 Å². The minimum atomic E-state index is -0.607. The average Bonchev–Trinajstić information content (AvgIpc) is 3.21. The van der Waals surface area contributed by atoms with E-state index in [0.29, 0.717) is 13.0 Å². The van der Waals surface area contributed by atoms with E-state index in [0.717, 1.165) is 46.3 Å². The molecule has 0 fully saturated rings. The maximum atomic E-state index is 12.9. The molecule has 8 heteroatoms. The molecule has 0 saturated heterocycles. The number of benzene rings is 2. The summed E-state index contributed by atoms with van der Waals surface area (Å²) in [6.45, 7) is 2.50. The van der Waals surface area contributed by atoms with Crippen molar-refractivity contribution in [3.05, 3.63) is 91.8 Å². The second-order valence-corrected chi connectivity index (χ2v) is 8.81. The highest BCUT2D eigenvalue weighted by Crippen LogP contribution is 2.36. The molecule has 1 aliphatic rings. The van der Waals surface area contributed by atoms with Gasteiger partial charge in [0, 0.05) is 29.2 Å². The van der Waals surface area contributed by atoms with Crippen LogP contribution in [0.1, 0.15) is 47.8 Å². The molecule has 0 radical (unpaired) electrons. The van der Waals surface area contributed by atoms with E-state index < -0.39 is 17.3 Å². The minimum absolute atomic E-state index is 0.144. The molecular formula is C26H28N4O4. The molecule has 0 unspecified atom stereocenters. The molecule has 3 heterocycles. The van der Waals surface area contributed by atoms with Crippen molar-refractivity contribution in [3.8, 4) is 11.6 Å². The van der Waals surface area contributed by atoms with E-state index in [-0.39, 0.29) is 17.5 Å². The average molecular weight is 461 g/mol. The fourth-order valence-electron chi connectivity index (χ4n) is 4.95. The van der Waals surface area contributed by atoms with Crippen LogP contribution >= 0.6 is 0 Å². The van der Waals surface area contributed by atoms with Gasteiger partial charge in [0.1, 0.15) is 11.3 Å². The summed E-state index contributed by atoms with van der Waals surface area (Å²) < 4.78 is 6.67. The first kappa shape index (κ1) is 22.0. The molecule has 5 rings (SSSR count). The number of nitrogens with zero attached hydrogens (tertiary/aromatic N) is 1. The second kappa shape index (κ2) is 8.87. The Morgan fingerprint density at radius 3 is 2.71 bits per heavy atom. The Labute approximate surface area is 196 Å². The van der Waals surface area contributed by atoms with Crippen molar-refractivity contribution < 1.29 is 9.84 Å². The molecule has 4 N–H and O–H groups in total. The number of aromatic nitrogens is 3. The summed E-state index contributed by atoms with van der Waals surface area (Å²) in [5.74, 6) is 0.460. The van der Waals surface area contributed by atoms with Gasteiger partial charge in [0.05, 0.1) is 13.2 Å². The number of hydrogen-bond donors (Lipinski definition) is 4. The van der Waals surface area contributed by atoms with E-state index in [4.69, 9.17) is 4.74 Å². The smallest absolute Gasteiger partial charge is 0.331 e. The summed E-state index contributed by atoms with van der Waals surface area (Å²) in [5.41, 5.74) is 2.92. The predicted octanol–water partition coefficient (Wildman–Crippen LogP) is 3.16. The number of ether oxygens (including phenoxy) is 1. The zero-order chi connectivity index (χ0) is 23.8. The van der Waals surface area contributed by atoms with Gasteiger partial charge in [0.15, 0.2) is 0 Å². The monoisotopic (exact) mass is 460 g/mol. The van der Waals surface area contributed by atoms with Gasteiger partial charge in [-0.3, -0.25) is 14.3 Å². The number of methoxy groups -OCH3 is 1. The Morgan fingerprint density at radius 2 is 1.94 bits per heavy atom. The van der Waals surface area contributed by atoms with Crippen LogP contribution in [0.2, 0.25) is 0 Å². The zero-order valence-electron chi connectivity index (χ0n) is 19.2. The number of H-pyrrole nitrogens is 2. The molecule has 2 aromatic heterocycles. The second-order valence-electron chi connectivity index (χ2n) is 8.81. The maximum Gasteiger partial charge on any atom is 0.331 e. The van der Waals surface area contributed by atoms with Gasteiger partial charge in [-0.15, -0.1) is 0 Å². The minimum Gasteiger partial charge on any atom is -0.497 e. The zero-order valence-corrected chi connectivity index (χ0v) is 19.2. The highest BCUT2D eigenvalue weighted by Gasteiger charge is 2.31. The normalized spacial score (nSPS) is 16.4. The molecule has 1 aliphatic heterocycles. The summed E-state index contributed by atoms with van der Waals surface area (Å²) in [6.07, 6.45) is 2.15. The molecule has 4 aromatic rings. The number of aromatic hydroxyl groups is 1. The fraction of sp³-hybridized carbons (Fsp3) is 0.308. The first-order chi connectivity index (χ1) is 16.5. The number of rotatable bonds is 6. The van der Waals surface area contributed by atoms with Crippen molar-refractivity contribution in [2.75, 3.05) is 13.7 Å². The lowest BCUT2D eigenvalue weighted by Gasteiger charge is -2.26. The molecule has 0 spiro atoms. The van der Waals surface area contributed by atoms with Crippen LogP contribution in [0.3, 0.4) is 0 Å². The molecule has 0 bridgehead atoms. The van der Waals surface area contributed by atoms with E-state index in [1.54, 1.807) is 7.11 Å². The van der Waals surface area contributed by atoms with Crippen LogP contribution in [0.15, 0.2) is 58.1 Å². The summed E-state index contributed by atoms with van der Waals surface area (Å²) in [6, 6.07) is 14.9. The van der Waals surface area contributed by atoms with Gasteiger partial charge in [-0.2, -0.15) is 0 Å². The summed E-state index contributed by atoms with van der Waals surface area (Å²) in [4.78, 5) is 31.5. The summed E-state index contributed by atoms with van der Waals surface area (Å²) >= 11 is 0. The lowest BCUT2D eigenvalue weighted by Crippen LogP contribution is -2.39. The maximum absolute atomic E-state index is 12.9. The Balaban J connectivity index is 1.55. The predicted molar refractivity (Wildman–Crippen MR) is 131 cm³/mol. The van der Waals surface area contributed by atoms with E-state index in [1.807, 2.05) is 55.5 Å². The SMILES string of the molecule is COc1ccc2[nH]c3c(c2c1)CCN[C@H]3c1c(O)n([C@@H](C)CCc2ccccc2)c(=O)[nH]c1=O. The third-order valence-electron chi connectivity index (χ3n) is 6.73. The van der Waals surface area contributed by atoms with E-state index >= 15 is 0 Å². The first-order valence-corrected chi connectivity index (χ1v) is 11.5. The van der Waals surface area contributed by atoms with Crippen molar-refractivity contribution in [1.82, 2.24) is 19.9 Å². The Kier molecular flexibility index (Phi) is 5.75. The van der Waals surface area contributed by atoms with E-state index in [9.17, 15) is 14.7 Å². The van der Waals surface area contributed by atoms with Crippen molar-refractivity contribution in [2.24, 2.45) is 0 Å². The highest BCUT2D eigenvalue weighted by atomic mass is 16.5. The van der Waals surface area contributed by atoms with Crippen LogP contribution in [-0.2, 0) is 12.8 Å². The Morgan fingerprint density at radius 1 is 1.15 bits per heavy atom. The van der Waals surface area contributed by atoms with Crippen LogP contribution in [0.5, 0.6) is 11.6 Å². The van der Waals surface area contributed by atoms with Gasteiger partial charge in [-0.1, -0.05) is 30.3 Å². The van der Waals surface area contributed by atoms with Crippen molar-refractivity contribution in [1.29, 1.82) is 0 Å². The molecular weight excluding hydrogens is 432 g/mol. The van der Waals surface area contributed by atoms with Gasteiger partial charge in [0.2, 0.25) is 5.88 Å². The molecule has 2 atom stereocenters. The molecule has 176 valence electrons. The summed E-state index contributed by atoms with van der Waals surface area (Å²) in [7, 11) is 1.63. The van der Waals surface area contributed by atoms with Gasteiger partial charge < -0.3 is 20.1 Å². The van der Waals surface area contributed by atoms with Crippen LogP contribution in [-0.4, -0.2) is 33.3 Å². The largest absolute Gasteiger partial charge is 0.497 e. The third-order valence-corrected chi connectivity index (χ3v) is 6.73. The van der Waals surface area contributed by atoms with Crippen LogP contribution < -0.4 is 21.3 Å². The van der Waals surface area contributed by atoms with Crippen LogP contribution in [0, 0.1) is 0 Å². The Hall–Kier alpha value is -3.78. The van der Waals surface area contributed by atoms with Gasteiger partial charge in [-0.25, -0.2) is 4.79 Å². The summed E-state index contributed by atoms with van der Waals surface area (Å²) in [5, 5.41) is 15.6.